The minimum absolute atomic E-state index is 0. The van der Waals surface area contributed by atoms with E-state index in [1.165, 1.54) is 11.1 Å². The first-order valence-corrected chi connectivity index (χ1v) is 8.94. The van der Waals surface area contributed by atoms with Gasteiger partial charge >= 0.3 is 0 Å². The molecule has 0 bridgehead atoms. The van der Waals surface area contributed by atoms with E-state index in [-0.39, 0.29) is 24.0 Å². The molecule has 6 nitrogen and oxygen atoms in total. The third-order valence-electron chi connectivity index (χ3n) is 4.31. The van der Waals surface area contributed by atoms with Gasteiger partial charge in [-0.15, -0.1) is 24.0 Å². The van der Waals surface area contributed by atoms with Crippen LogP contribution in [0.4, 0.5) is 0 Å². The first-order chi connectivity index (χ1) is 13.3. The summed E-state index contributed by atoms with van der Waals surface area (Å²) in [4.78, 5) is 8.44. The number of imidazole rings is 1. The van der Waals surface area contributed by atoms with E-state index in [0.29, 0.717) is 6.54 Å². The molecule has 0 amide bonds. The molecule has 2 N–H and O–H groups in total. The largest absolute Gasteiger partial charge is 0.497 e. The van der Waals surface area contributed by atoms with Crippen LogP contribution in [0.15, 0.2) is 72.2 Å². The Balaban J connectivity index is 0.00000280. The van der Waals surface area contributed by atoms with Crippen LogP contribution in [0.5, 0.6) is 5.75 Å². The monoisotopic (exact) mass is 491 g/mol. The van der Waals surface area contributed by atoms with E-state index in [1.54, 1.807) is 26.7 Å². The van der Waals surface area contributed by atoms with Crippen LogP contribution in [0.1, 0.15) is 11.1 Å². The minimum Gasteiger partial charge on any atom is -0.497 e. The molecule has 1 aromatic heterocycles. The first kappa shape index (κ1) is 21.7. The van der Waals surface area contributed by atoms with Crippen molar-refractivity contribution < 1.29 is 4.74 Å². The third-order valence-corrected chi connectivity index (χ3v) is 4.31. The molecule has 0 fully saturated rings. The van der Waals surface area contributed by atoms with Crippen molar-refractivity contribution in [1.82, 2.24) is 20.2 Å². The fourth-order valence-corrected chi connectivity index (χ4v) is 2.83. The molecule has 0 saturated heterocycles. The summed E-state index contributed by atoms with van der Waals surface area (Å²) in [5.41, 5.74) is 3.54. The molecular weight excluding hydrogens is 465 g/mol. The van der Waals surface area contributed by atoms with Crippen LogP contribution < -0.4 is 15.4 Å². The van der Waals surface area contributed by atoms with E-state index in [1.807, 2.05) is 35.0 Å². The second-order valence-corrected chi connectivity index (χ2v) is 6.05. The number of guanidine groups is 1. The molecule has 3 rings (SSSR count). The molecule has 7 heteroatoms. The van der Waals surface area contributed by atoms with Gasteiger partial charge in [0.05, 0.1) is 19.1 Å². The van der Waals surface area contributed by atoms with Gasteiger partial charge in [0.15, 0.2) is 5.96 Å². The zero-order valence-corrected chi connectivity index (χ0v) is 18.5. The normalized spacial score (nSPS) is 10.9. The van der Waals surface area contributed by atoms with Crippen molar-refractivity contribution in [1.29, 1.82) is 0 Å². The van der Waals surface area contributed by atoms with Crippen LogP contribution in [-0.2, 0) is 13.0 Å². The Kier molecular flexibility index (Phi) is 8.80. The molecular formula is C21H26IN5O. The van der Waals surface area contributed by atoms with Crippen LogP contribution in [0, 0.1) is 0 Å². The Hall–Kier alpha value is -2.55. The molecule has 0 aliphatic carbocycles. The highest BCUT2D eigenvalue weighted by atomic mass is 127. The summed E-state index contributed by atoms with van der Waals surface area (Å²) in [5, 5.41) is 6.74. The molecule has 2 aromatic carbocycles. The maximum Gasteiger partial charge on any atom is 0.191 e. The Bertz CT molecular complexity index is 863. The van der Waals surface area contributed by atoms with Gasteiger partial charge in [-0.1, -0.05) is 30.3 Å². The fraction of sp³-hybridized carbons (Fsp3) is 0.238. The summed E-state index contributed by atoms with van der Waals surface area (Å²) < 4.78 is 7.20. The van der Waals surface area contributed by atoms with Crippen LogP contribution in [0.3, 0.4) is 0 Å². The average molecular weight is 491 g/mol. The predicted molar refractivity (Wildman–Crippen MR) is 124 cm³/mol. The zero-order chi connectivity index (χ0) is 18.9. The van der Waals surface area contributed by atoms with Gasteiger partial charge in [0, 0.05) is 32.5 Å². The molecule has 3 aromatic rings. The lowest BCUT2D eigenvalue weighted by Crippen LogP contribution is -2.38. The molecule has 28 heavy (non-hydrogen) atoms. The molecule has 0 saturated carbocycles. The van der Waals surface area contributed by atoms with Gasteiger partial charge in [-0.2, -0.15) is 0 Å². The first-order valence-electron chi connectivity index (χ1n) is 8.94. The molecule has 1 heterocycles. The summed E-state index contributed by atoms with van der Waals surface area (Å²) in [5.74, 6) is 1.66. The number of rotatable bonds is 7. The minimum atomic E-state index is 0. The topological polar surface area (TPSA) is 63.5 Å². The second kappa shape index (κ2) is 11.3. The van der Waals surface area contributed by atoms with E-state index < -0.39 is 0 Å². The zero-order valence-electron chi connectivity index (χ0n) is 16.1. The molecule has 0 spiro atoms. The van der Waals surface area contributed by atoms with Crippen molar-refractivity contribution in [2.24, 2.45) is 4.99 Å². The van der Waals surface area contributed by atoms with Gasteiger partial charge in [0.1, 0.15) is 5.75 Å². The number of aliphatic imine (C=N–C) groups is 1. The molecule has 0 atom stereocenters. The number of para-hydroxylation sites is 1. The number of hydrogen-bond acceptors (Lipinski definition) is 3. The summed E-state index contributed by atoms with van der Waals surface area (Å²) in [6, 6.07) is 16.4. The van der Waals surface area contributed by atoms with Crippen molar-refractivity contribution in [2.75, 3.05) is 20.7 Å². The van der Waals surface area contributed by atoms with E-state index >= 15 is 0 Å². The highest BCUT2D eigenvalue weighted by molar-refractivity contribution is 14.0. The lowest BCUT2D eigenvalue weighted by atomic mass is 10.1. The van der Waals surface area contributed by atoms with E-state index in [0.717, 1.165) is 30.4 Å². The molecule has 0 unspecified atom stereocenters. The summed E-state index contributed by atoms with van der Waals surface area (Å²) >= 11 is 0. The van der Waals surface area contributed by atoms with E-state index in [4.69, 9.17) is 4.74 Å². The number of aromatic nitrogens is 2. The van der Waals surface area contributed by atoms with Gasteiger partial charge in [-0.25, -0.2) is 4.98 Å². The number of nitrogens with one attached hydrogen (secondary N) is 2. The SMILES string of the molecule is CN=C(NCCc1ccc(OC)cc1)NCc1ccccc1-n1ccnc1.I. The standard InChI is InChI=1S/C21H25N5O.HI/c1-22-21(24-12-11-17-7-9-19(27-2)10-8-17)25-15-18-5-3-4-6-20(18)26-14-13-23-16-26;/h3-10,13-14,16H,11-12,15H2,1-2H3,(H2,22,24,25);1H. The maximum absolute atomic E-state index is 5.19. The van der Waals surface area contributed by atoms with Crippen LogP contribution >= 0.6 is 24.0 Å². The van der Waals surface area contributed by atoms with E-state index in [2.05, 4.69) is 44.9 Å². The lowest BCUT2D eigenvalue weighted by molar-refractivity contribution is 0.414. The fourth-order valence-electron chi connectivity index (χ4n) is 2.83. The Morgan fingerprint density at radius 1 is 1.11 bits per heavy atom. The summed E-state index contributed by atoms with van der Waals surface area (Å²) in [6.07, 6.45) is 6.45. The van der Waals surface area contributed by atoms with Crippen molar-refractivity contribution in [3.8, 4) is 11.4 Å². The van der Waals surface area contributed by atoms with Gasteiger partial charge in [0.2, 0.25) is 0 Å². The van der Waals surface area contributed by atoms with Crippen molar-refractivity contribution in [3.05, 3.63) is 78.4 Å². The van der Waals surface area contributed by atoms with Crippen molar-refractivity contribution >= 4 is 29.9 Å². The molecule has 148 valence electrons. The molecule has 0 radical (unpaired) electrons. The van der Waals surface area contributed by atoms with Crippen molar-refractivity contribution in [2.45, 2.75) is 13.0 Å². The van der Waals surface area contributed by atoms with Crippen LogP contribution in [0.2, 0.25) is 0 Å². The van der Waals surface area contributed by atoms with Crippen molar-refractivity contribution in [3.63, 3.8) is 0 Å². The maximum atomic E-state index is 5.19. The van der Waals surface area contributed by atoms with Crippen LogP contribution in [0.25, 0.3) is 5.69 Å². The smallest absolute Gasteiger partial charge is 0.191 e. The lowest BCUT2D eigenvalue weighted by Gasteiger charge is -2.14. The Morgan fingerprint density at radius 2 is 1.89 bits per heavy atom. The molecule has 0 aliphatic rings. The number of nitrogens with zero attached hydrogens (tertiary/aromatic N) is 3. The predicted octanol–water partition coefficient (Wildman–Crippen LogP) is 3.41. The van der Waals surface area contributed by atoms with Gasteiger partial charge in [-0.3, -0.25) is 4.99 Å². The Labute approximate surface area is 183 Å². The number of methoxy groups -OCH3 is 1. The summed E-state index contributed by atoms with van der Waals surface area (Å²) in [6.45, 7) is 1.48. The van der Waals surface area contributed by atoms with Gasteiger partial charge in [-0.05, 0) is 35.7 Å². The van der Waals surface area contributed by atoms with Gasteiger partial charge < -0.3 is 19.9 Å². The summed E-state index contributed by atoms with van der Waals surface area (Å²) in [7, 11) is 3.46. The molecule has 0 aliphatic heterocycles. The Morgan fingerprint density at radius 3 is 2.57 bits per heavy atom. The highest BCUT2D eigenvalue weighted by Crippen LogP contribution is 2.14. The highest BCUT2D eigenvalue weighted by Gasteiger charge is 2.05. The van der Waals surface area contributed by atoms with Crippen LogP contribution in [-0.4, -0.2) is 36.2 Å². The van der Waals surface area contributed by atoms with Gasteiger partial charge in [0.25, 0.3) is 0 Å². The third kappa shape index (κ3) is 5.98. The van der Waals surface area contributed by atoms with E-state index in [9.17, 15) is 0 Å². The number of halogens is 1. The quantitative estimate of drug-likeness (QED) is 0.302. The number of benzene rings is 2. The average Bonchev–Trinajstić information content (AvgIpc) is 3.26. The number of hydrogen-bond donors (Lipinski definition) is 2. The second-order valence-electron chi connectivity index (χ2n) is 6.05. The number of ether oxygens (including phenoxy) is 1.